The number of carbonyl (C=O) groups excluding carboxylic acids is 1. The molecule has 4 nitrogen and oxygen atoms in total. The van der Waals surface area contributed by atoms with E-state index < -0.39 is 0 Å². The highest BCUT2D eigenvalue weighted by Gasteiger charge is 2.24. The van der Waals surface area contributed by atoms with Gasteiger partial charge in [-0.25, -0.2) is 9.38 Å². The number of benzene rings is 2. The van der Waals surface area contributed by atoms with Crippen molar-refractivity contribution in [2.45, 2.75) is 6.92 Å². The van der Waals surface area contributed by atoms with Crippen LogP contribution in [-0.2, 0) is 4.79 Å². The number of rotatable bonds is 3. The van der Waals surface area contributed by atoms with Crippen LogP contribution in [0, 0.1) is 12.7 Å². The summed E-state index contributed by atoms with van der Waals surface area (Å²) in [4.78, 5) is 17.1. The van der Waals surface area contributed by atoms with Crippen LogP contribution in [0.3, 0.4) is 0 Å². The number of thioether (sulfide) groups is 1. The molecule has 0 aliphatic carbocycles. The number of aryl methyl sites for hydroxylation is 1. The first-order valence-corrected chi connectivity index (χ1v) is 8.06. The van der Waals surface area contributed by atoms with Crippen molar-refractivity contribution in [1.82, 2.24) is 5.32 Å². The fraction of sp³-hybridized carbons (Fsp3) is 0.111. The minimum absolute atomic E-state index is 0.227. The molecular weight excluding hydrogens is 327 g/mol. The third kappa shape index (κ3) is 3.65. The minimum Gasteiger partial charge on any atom is -0.494 e. The summed E-state index contributed by atoms with van der Waals surface area (Å²) in [6.45, 7) is 1.96. The lowest BCUT2D eigenvalue weighted by Crippen LogP contribution is -2.19. The van der Waals surface area contributed by atoms with Crippen LogP contribution < -0.4 is 10.1 Å². The van der Waals surface area contributed by atoms with Crippen LogP contribution in [0.4, 0.5) is 10.1 Å². The van der Waals surface area contributed by atoms with E-state index in [4.69, 9.17) is 4.74 Å². The predicted molar refractivity (Wildman–Crippen MR) is 94.9 cm³/mol. The third-order valence-electron chi connectivity index (χ3n) is 3.38. The summed E-state index contributed by atoms with van der Waals surface area (Å²) < 4.78 is 18.2. The van der Waals surface area contributed by atoms with Gasteiger partial charge in [0, 0.05) is 0 Å². The van der Waals surface area contributed by atoms with Crippen molar-refractivity contribution in [3.63, 3.8) is 0 Å². The molecule has 3 rings (SSSR count). The quantitative estimate of drug-likeness (QED) is 0.857. The number of hydrogen-bond acceptors (Lipinski definition) is 4. The Morgan fingerprint density at radius 1 is 1.21 bits per heavy atom. The topological polar surface area (TPSA) is 50.7 Å². The van der Waals surface area contributed by atoms with Crippen LogP contribution >= 0.6 is 11.8 Å². The molecule has 0 radical (unpaired) electrons. The van der Waals surface area contributed by atoms with Crippen molar-refractivity contribution in [3.8, 4) is 5.75 Å². The number of hydrogen-bond donors (Lipinski definition) is 1. The van der Waals surface area contributed by atoms with E-state index in [2.05, 4.69) is 10.3 Å². The SMILES string of the molecule is COc1ccc(C)cc1N=C1NC(=O)/C(=C/c2ccc(F)cc2)S1. The first-order chi connectivity index (χ1) is 11.5. The molecule has 1 saturated heterocycles. The van der Waals surface area contributed by atoms with Gasteiger partial charge in [-0.2, -0.15) is 0 Å². The molecule has 1 amide bonds. The van der Waals surface area contributed by atoms with E-state index in [1.165, 1.54) is 23.9 Å². The van der Waals surface area contributed by atoms with Crippen molar-refractivity contribution < 1.29 is 13.9 Å². The van der Waals surface area contributed by atoms with Gasteiger partial charge in [0.2, 0.25) is 0 Å². The van der Waals surface area contributed by atoms with Crippen molar-refractivity contribution in [3.05, 3.63) is 64.3 Å². The highest BCUT2D eigenvalue weighted by atomic mass is 32.2. The third-order valence-corrected chi connectivity index (χ3v) is 4.28. The summed E-state index contributed by atoms with van der Waals surface area (Å²) >= 11 is 1.24. The number of nitrogens with one attached hydrogen (secondary N) is 1. The van der Waals surface area contributed by atoms with Crippen molar-refractivity contribution >= 4 is 34.6 Å². The Labute approximate surface area is 143 Å². The summed E-state index contributed by atoms with van der Waals surface area (Å²) in [5.74, 6) is 0.100. The second-order valence-electron chi connectivity index (χ2n) is 5.21. The van der Waals surface area contributed by atoms with E-state index in [0.29, 0.717) is 21.5 Å². The average Bonchev–Trinajstić information content (AvgIpc) is 2.89. The van der Waals surface area contributed by atoms with Crippen LogP contribution in [0.2, 0.25) is 0 Å². The molecule has 24 heavy (non-hydrogen) atoms. The number of carbonyl (C=O) groups is 1. The van der Waals surface area contributed by atoms with Gasteiger partial charge in [-0.05, 0) is 60.2 Å². The molecule has 0 unspecified atom stereocenters. The van der Waals surface area contributed by atoms with Crippen molar-refractivity contribution in [2.24, 2.45) is 4.99 Å². The van der Waals surface area contributed by atoms with Gasteiger partial charge in [0.25, 0.3) is 5.91 Å². The van der Waals surface area contributed by atoms with Gasteiger partial charge in [0.1, 0.15) is 17.3 Å². The average molecular weight is 342 g/mol. The zero-order valence-electron chi connectivity index (χ0n) is 13.2. The molecule has 1 aliphatic heterocycles. The molecule has 1 heterocycles. The van der Waals surface area contributed by atoms with Gasteiger partial charge in [-0.3, -0.25) is 4.79 Å². The Kier molecular flexibility index (Phi) is 4.66. The number of halogens is 1. The molecule has 2 aromatic carbocycles. The van der Waals surface area contributed by atoms with Gasteiger partial charge in [-0.1, -0.05) is 18.2 Å². The summed E-state index contributed by atoms with van der Waals surface area (Å²) in [6, 6.07) is 11.6. The smallest absolute Gasteiger partial charge is 0.264 e. The first kappa shape index (κ1) is 16.3. The van der Waals surface area contributed by atoms with Crippen molar-refractivity contribution in [2.75, 3.05) is 7.11 Å². The summed E-state index contributed by atoms with van der Waals surface area (Å²) in [5.41, 5.74) is 2.46. The lowest BCUT2D eigenvalue weighted by Gasteiger charge is -2.05. The van der Waals surface area contributed by atoms with Crippen LogP contribution in [0.25, 0.3) is 6.08 Å². The number of amides is 1. The second kappa shape index (κ2) is 6.88. The molecule has 1 fully saturated rings. The monoisotopic (exact) mass is 342 g/mol. The van der Waals surface area contributed by atoms with Crippen LogP contribution in [0.5, 0.6) is 5.75 Å². The predicted octanol–water partition coefficient (Wildman–Crippen LogP) is 4.03. The maximum Gasteiger partial charge on any atom is 0.264 e. The Bertz CT molecular complexity index is 845. The van der Waals surface area contributed by atoms with Gasteiger partial charge < -0.3 is 10.1 Å². The summed E-state index contributed by atoms with van der Waals surface area (Å²) in [5, 5.41) is 3.21. The van der Waals surface area contributed by atoms with Crippen LogP contribution in [-0.4, -0.2) is 18.2 Å². The Morgan fingerprint density at radius 2 is 1.96 bits per heavy atom. The highest BCUT2D eigenvalue weighted by molar-refractivity contribution is 8.18. The number of nitrogens with zero attached hydrogens (tertiary/aromatic N) is 1. The fourth-order valence-corrected chi connectivity index (χ4v) is 3.02. The molecule has 1 N–H and O–H groups in total. The number of aliphatic imine (C=N–C) groups is 1. The lowest BCUT2D eigenvalue weighted by molar-refractivity contribution is -0.115. The van der Waals surface area contributed by atoms with E-state index in [0.717, 1.165) is 11.1 Å². The molecular formula is C18H15FN2O2S. The van der Waals surface area contributed by atoms with Gasteiger partial charge in [0.05, 0.1) is 12.0 Å². The minimum atomic E-state index is -0.311. The molecule has 0 saturated carbocycles. The summed E-state index contributed by atoms with van der Waals surface area (Å²) in [7, 11) is 1.58. The van der Waals surface area contributed by atoms with Gasteiger partial charge in [0.15, 0.2) is 5.17 Å². The Balaban J connectivity index is 1.87. The largest absolute Gasteiger partial charge is 0.494 e. The van der Waals surface area contributed by atoms with E-state index in [9.17, 15) is 9.18 Å². The molecule has 1 aliphatic rings. The zero-order chi connectivity index (χ0) is 17.1. The van der Waals surface area contributed by atoms with E-state index in [1.807, 2.05) is 25.1 Å². The van der Waals surface area contributed by atoms with Gasteiger partial charge >= 0.3 is 0 Å². The molecule has 0 aromatic heterocycles. The maximum atomic E-state index is 12.9. The fourth-order valence-electron chi connectivity index (χ4n) is 2.19. The van der Waals surface area contributed by atoms with Gasteiger partial charge in [-0.15, -0.1) is 0 Å². The highest BCUT2D eigenvalue weighted by Crippen LogP contribution is 2.32. The van der Waals surface area contributed by atoms with Crippen LogP contribution in [0.15, 0.2) is 52.4 Å². The standard InChI is InChI=1S/C18H15FN2O2S/c1-11-3-8-15(23-2)14(9-11)20-18-21-17(22)16(24-18)10-12-4-6-13(19)7-5-12/h3-10H,1-2H3,(H,20,21,22)/b16-10-. The molecule has 122 valence electrons. The lowest BCUT2D eigenvalue weighted by atomic mass is 10.2. The molecule has 0 bridgehead atoms. The first-order valence-electron chi connectivity index (χ1n) is 7.25. The molecule has 6 heteroatoms. The Morgan fingerprint density at radius 3 is 2.67 bits per heavy atom. The number of amidine groups is 1. The van der Waals surface area contributed by atoms with Crippen molar-refractivity contribution in [1.29, 1.82) is 0 Å². The normalized spacial score (nSPS) is 17.4. The molecule has 0 atom stereocenters. The van der Waals surface area contributed by atoms with E-state index in [-0.39, 0.29) is 11.7 Å². The zero-order valence-corrected chi connectivity index (χ0v) is 14.0. The van der Waals surface area contributed by atoms with E-state index in [1.54, 1.807) is 25.3 Å². The molecule has 0 spiro atoms. The van der Waals surface area contributed by atoms with Crippen LogP contribution in [0.1, 0.15) is 11.1 Å². The summed E-state index contributed by atoms with van der Waals surface area (Å²) in [6.07, 6.45) is 1.70. The number of ether oxygens (including phenoxy) is 1. The molecule has 2 aromatic rings. The maximum absolute atomic E-state index is 12.9. The second-order valence-corrected chi connectivity index (χ2v) is 6.24. The van der Waals surface area contributed by atoms with E-state index >= 15 is 0 Å². The number of methoxy groups -OCH3 is 1. The Hall–Kier alpha value is -2.60.